The second-order valence-electron chi connectivity index (χ2n) is 6.31. The molecule has 21 heavy (non-hydrogen) atoms. The first kappa shape index (κ1) is 13.3. The molecule has 3 heterocycles. The van der Waals surface area contributed by atoms with Crippen LogP contribution >= 0.6 is 0 Å². The van der Waals surface area contributed by atoms with E-state index in [4.69, 9.17) is 14.5 Å². The van der Waals surface area contributed by atoms with E-state index in [1.807, 2.05) is 0 Å². The summed E-state index contributed by atoms with van der Waals surface area (Å²) in [7, 11) is 0. The molecular weight excluding hydrogens is 264 g/mol. The number of nitrogens with zero attached hydrogens (tertiary/aromatic N) is 2. The molecule has 0 aliphatic carbocycles. The van der Waals surface area contributed by atoms with Gasteiger partial charge in [0.25, 0.3) is 0 Å². The van der Waals surface area contributed by atoms with Crippen LogP contribution in [0.4, 0.5) is 0 Å². The van der Waals surface area contributed by atoms with Crippen LogP contribution in [0, 0.1) is 6.92 Å². The van der Waals surface area contributed by atoms with Crippen molar-refractivity contribution >= 4 is 11.0 Å². The molecule has 2 fully saturated rings. The van der Waals surface area contributed by atoms with Gasteiger partial charge in [0.15, 0.2) is 0 Å². The van der Waals surface area contributed by atoms with Gasteiger partial charge >= 0.3 is 0 Å². The number of para-hydroxylation sites is 2. The summed E-state index contributed by atoms with van der Waals surface area (Å²) in [6.07, 6.45) is 4.20. The van der Waals surface area contributed by atoms with Crippen LogP contribution in [-0.2, 0) is 9.47 Å². The maximum Gasteiger partial charge on any atom is 0.106 e. The number of benzene rings is 1. The van der Waals surface area contributed by atoms with Gasteiger partial charge in [0.2, 0.25) is 0 Å². The molecule has 0 bridgehead atoms. The van der Waals surface area contributed by atoms with Crippen LogP contribution in [0.1, 0.15) is 37.5 Å². The molecule has 1 unspecified atom stereocenters. The van der Waals surface area contributed by atoms with E-state index >= 15 is 0 Å². The largest absolute Gasteiger partial charge is 0.381 e. The van der Waals surface area contributed by atoms with E-state index in [1.54, 1.807) is 0 Å². The van der Waals surface area contributed by atoms with Crippen molar-refractivity contribution < 1.29 is 9.47 Å². The lowest BCUT2D eigenvalue weighted by atomic mass is 9.84. The highest BCUT2D eigenvalue weighted by molar-refractivity contribution is 5.76. The second-order valence-corrected chi connectivity index (χ2v) is 6.31. The van der Waals surface area contributed by atoms with Gasteiger partial charge in [0.1, 0.15) is 5.82 Å². The third-order valence-corrected chi connectivity index (χ3v) is 5.01. The van der Waals surface area contributed by atoms with Crippen molar-refractivity contribution in [3.63, 3.8) is 0 Å². The van der Waals surface area contributed by atoms with Gasteiger partial charge in [-0.2, -0.15) is 0 Å². The first-order chi connectivity index (χ1) is 10.3. The van der Waals surface area contributed by atoms with E-state index in [0.29, 0.717) is 6.04 Å². The smallest absolute Gasteiger partial charge is 0.106 e. The van der Waals surface area contributed by atoms with Crippen LogP contribution in [0.15, 0.2) is 24.3 Å². The maximum absolute atomic E-state index is 6.17. The monoisotopic (exact) mass is 286 g/mol. The first-order valence-corrected chi connectivity index (χ1v) is 7.93. The van der Waals surface area contributed by atoms with E-state index in [-0.39, 0.29) is 5.60 Å². The zero-order valence-electron chi connectivity index (χ0n) is 12.5. The molecule has 4 rings (SSSR count). The maximum atomic E-state index is 6.17. The molecule has 4 heteroatoms. The van der Waals surface area contributed by atoms with Crippen molar-refractivity contribution in [3.05, 3.63) is 30.1 Å². The summed E-state index contributed by atoms with van der Waals surface area (Å²) in [5.74, 6) is 1.12. The molecule has 2 aromatic rings. The van der Waals surface area contributed by atoms with Gasteiger partial charge in [-0.3, -0.25) is 0 Å². The Morgan fingerprint density at radius 2 is 2.00 bits per heavy atom. The van der Waals surface area contributed by atoms with Crippen LogP contribution in [0.25, 0.3) is 11.0 Å². The Labute approximate surface area is 125 Å². The van der Waals surface area contributed by atoms with Crippen LogP contribution in [-0.4, -0.2) is 35.0 Å². The third kappa shape index (κ3) is 2.27. The minimum atomic E-state index is 0.0268. The third-order valence-electron chi connectivity index (χ3n) is 5.01. The minimum absolute atomic E-state index is 0.0268. The average Bonchev–Trinajstić information content (AvgIpc) is 2.84. The molecule has 4 nitrogen and oxygen atoms in total. The lowest BCUT2D eigenvalue weighted by Crippen LogP contribution is -2.44. The highest BCUT2D eigenvalue weighted by Crippen LogP contribution is 2.40. The molecule has 1 aromatic carbocycles. The molecule has 1 atom stereocenters. The van der Waals surface area contributed by atoms with Crippen LogP contribution < -0.4 is 0 Å². The molecular formula is C17H22N2O2. The van der Waals surface area contributed by atoms with E-state index in [0.717, 1.165) is 56.8 Å². The van der Waals surface area contributed by atoms with Gasteiger partial charge in [-0.05, 0) is 44.7 Å². The highest BCUT2D eigenvalue weighted by Gasteiger charge is 2.40. The van der Waals surface area contributed by atoms with E-state index in [9.17, 15) is 0 Å². The zero-order valence-corrected chi connectivity index (χ0v) is 12.5. The van der Waals surface area contributed by atoms with Gasteiger partial charge < -0.3 is 14.0 Å². The highest BCUT2D eigenvalue weighted by atomic mass is 16.5. The van der Waals surface area contributed by atoms with Crippen LogP contribution in [0.3, 0.4) is 0 Å². The van der Waals surface area contributed by atoms with Gasteiger partial charge in [-0.1, -0.05) is 12.1 Å². The summed E-state index contributed by atoms with van der Waals surface area (Å²) < 4.78 is 14.1. The molecule has 2 aliphatic rings. The molecule has 1 spiro atoms. The van der Waals surface area contributed by atoms with Crippen molar-refractivity contribution in [1.82, 2.24) is 9.55 Å². The van der Waals surface area contributed by atoms with Crippen molar-refractivity contribution in [2.45, 2.75) is 44.2 Å². The van der Waals surface area contributed by atoms with Crippen molar-refractivity contribution in [2.24, 2.45) is 0 Å². The lowest BCUT2D eigenvalue weighted by Gasteiger charge is -2.44. The van der Waals surface area contributed by atoms with E-state index < -0.39 is 0 Å². The van der Waals surface area contributed by atoms with E-state index in [2.05, 4.69) is 35.8 Å². The molecule has 2 aliphatic heterocycles. The Balaban J connectivity index is 1.69. The molecule has 0 saturated carbocycles. The molecule has 1 aromatic heterocycles. The van der Waals surface area contributed by atoms with E-state index in [1.165, 1.54) is 5.52 Å². The Morgan fingerprint density at radius 1 is 1.19 bits per heavy atom. The Bertz CT molecular complexity index is 638. The standard InChI is InChI=1S/C17H22N2O2/c1-13-18-15-4-2-3-5-16(15)19(13)14-6-9-21-17(12-14)7-10-20-11-8-17/h2-5,14H,6-12H2,1H3. The summed E-state index contributed by atoms with van der Waals surface area (Å²) >= 11 is 0. The molecule has 0 radical (unpaired) electrons. The Hall–Kier alpha value is -1.39. The lowest BCUT2D eigenvalue weighted by molar-refractivity contribution is -0.144. The number of fused-ring (bicyclic) bond motifs is 1. The van der Waals surface area contributed by atoms with Crippen molar-refractivity contribution in [3.8, 4) is 0 Å². The van der Waals surface area contributed by atoms with Crippen LogP contribution in [0.2, 0.25) is 0 Å². The quantitative estimate of drug-likeness (QED) is 0.807. The number of hydrogen-bond donors (Lipinski definition) is 0. The number of aromatic nitrogens is 2. The Morgan fingerprint density at radius 3 is 2.86 bits per heavy atom. The Kier molecular flexibility index (Phi) is 3.23. The summed E-state index contributed by atoms with van der Waals surface area (Å²) in [5.41, 5.74) is 2.38. The topological polar surface area (TPSA) is 36.3 Å². The summed E-state index contributed by atoms with van der Waals surface area (Å²) in [6, 6.07) is 8.93. The number of ether oxygens (including phenoxy) is 2. The number of imidazole rings is 1. The fourth-order valence-electron chi connectivity index (χ4n) is 3.94. The predicted molar refractivity (Wildman–Crippen MR) is 81.5 cm³/mol. The summed E-state index contributed by atoms with van der Waals surface area (Å²) in [4.78, 5) is 4.72. The fourth-order valence-corrected chi connectivity index (χ4v) is 3.94. The van der Waals surface area contributed by atoms with Gasteiger partial charge in [-0.15, -0.1) is 0 Å². The fraction of sp³-hybridized carbons (Fsp3) is 0.588. The van der Waals surface area contributed by atoms with Crippen molar-refractivity contribution in [2.75, 3.05) is 19.8 Å². The number of hydrogen-bond acceptors (Lipinski definition) is 3. The predicted octanol–water partition coefficient (Wildman–Crippen LogP) is 3.25. The molecule has 0 amide bonds. The minimum Gasteiger partial charge on any atom is -0.381 e. The summed E-state index contributed by atoms with van der Waals surface area (Å²) in [6.45, 7) is 4.62. The van der Waals surface area contributed by atoms with Gasteiger partial charge in [0, 0.05) is 25.9 Å². The zero-order chi connectivity index (χ0) is 14.3. The SMILES string of the molecule is Cc1nc2ccccc2n1C1CCOC2(CCOCC2)C1. The molecule has 112 valence electrons. The average molecular weight is 286 g/mol. The van der Waals surface area contributed by atoms with Gasteiger partial charge in [-0.25, -0.2) is 4.98 Å². The van der Waals surface area contributed by atoms with Gasteiger partial charge in [0.05, 0.1) is 16.6 Å². The van der Waals surface area contributed by atoms with Crippen LogP contribution in [0.5, 0.6) is 0 Å². The van der Waals surface area contributed by atoms with Crippen molar-refractivity contribution in [1.29, 1.82) is 0 Å². The molecule has 0 N–H and O–H groups in total. The first-order valence-electron chi connectivity index (χ1n) is 7.93. The number of aryl methyl sites for hydroxylation is 1. The normalized spacial score (nSPS) is 25.5. The molecule has 2 saturated heterocycles. The summed E-state index contributed by atoms with van der Waals surface area (Å²) in [5, 5.41) is 0. The second kappa shape index (κ2) is 5.11. The number of rotatable bonds is 1.